The predicted octanol–water partition coefficient (Wildman–Crippen LogP) is 4.64. The van der Waals surface area contributed by atoms with Gasteiger partial charge in [-0.3, -0.25) is 0 Å². The average molecular weight is 346 g/mol. The molecule has 130 valence electrons. The lowest BCUT2D eigenvalue weighted by molar-refractivity contribution is 0.565. The molecule has 0 aliphatic heterocycles. The molecule has 3 nitrogen and oxygen atoms in total. The van der Waals surface area contributed by atoms with E-state index in [1.165, 1.54) is 0 Å². The van der Waals surface area contributed by atoms with Gasteiger partial charge in [0.2, 0.25) is 10.0 Å². The van der Waals surface area contributed by atoms with Gasteiger partial charge in [0.25, 0.3) is 0 Å². The molecule has 0 saturated carbocycles. The van der Waals surface area contributed by atoms with Crippen molar-refractivity contribution < 1.29 is 8.42 Å². The zero-order valence-electron chi connectivity index (χ0n) is 15.3. The van der Waals surface area contributed by atoms with Gasteiger partial charge < -0.3 is 0 Å². The van der Waals surface area contributed by atoms with Crippen molar-refractivity contribution in [2.45, 2.75) is 57.9 Å². The van der Waals surface area contributed by atoms with E-state index in [-0.39, 0.29) is 11.5 Å². The summed E-state index contributed by atoms with van der Waals surface area (Å²) in [6, 6.07) is 12.9. The van der Waals surface area contributed by atoms with Crippen LogP contribution in [0.1, 0.15) is 56.0 Å². The Morgan fingerprint density at radius 2 is 1.54 bits per heavy atom. The molecule has 2 rings (SSSR count). The van der Waals surface area contributed by atoms with Crippen molar-refractivity contribution in [2.24, 2.45) is 0 Å². The summed E-state index contributed by atoms with van der Waals surface area (Å²) in [5.74, 6) is 0. The number of aryl methyl sites for hydroxylation is 2. The summed E-state index contributed by atoms with van der Waals surface area (Å²) >= 11 is 0. The van der Waals surface area contributed by atoms with Crippen LogP contribution in [0.15, 0.2) is 47.4 Å². The van der Waals surface area contributed by atoms with Crippen molar-refractivity contribution in [3.63, 3.8) is 0 Å². The minimum Gasteiger partial charge on any atom is -0.207 e. The van der Waals surface area contributed by atoms with Gasteiger partial charge in [0.05, 0.1) is 4.90 Å². The third-order valence-electron chi connectivity index (χ3n) is 4.26. The van der Waals surface area contributed by atoms with Gasteiger partial charge >= 0.3 is 0 Å². The lowest BCUT2D eigenvalue weighted by Crippen LogP contribution is -2.27. The molecule has 24 heavy (non-hydrogen) atoms. The molecule has 1 N–H and O–H groups in total. The Hall–Kier alpha value is -1.65. The molecule has 0 radical (unpaired) electrons. The summed E-state index contributed by atoms with van der Waals surface area (Å²) in [7, 11) is -3.55. The molecule has 0 bridgehead atoms. The first-order valence-electron chi connectivity index (χ1n) is 8.21. The number of sulfonamides is 1. The minimum absolute atomic E-state index is 0.00168. The molecule has 0 heterocycles. The zero-order valence-corrected chi connectivity index (χ0v) is 16.2. The number of hydrogen-bond donors (Lipinski definition) is 1. The van der Waals surface area contributed by atoms with Crippen molar-refractivity contribution in [1.82, 2.24) is 4.72 Å². The SMILES string of the molecule is Cc1ccc(C)c(C(C)NS(=O)(=O)c2ccc(C(C)(C)C)cc2)c1. The third kappa shape index (κ3) is 4.25. The first-order chi connectivity index (χ1) is 11.0. The summed E-state index contributed by atoms with van der Waals surface area (Å²) in [5.41, 5.74) is 4.32. The maximum atomic E-state index is 12.7. The molecule has 0 fully saturated rings. The van der Waals surface area contributed by atoms with E-state index in [0.29, 0.717) is 4.90 Å². The number of hydrogen-bond acceptors (Lipinski definition) is 2. The quantitative estimate of drug-likeness (QED) is 0.877. The topological polar surface area (TPSA) is 46.2 Å². The molecular weight excluding hydrogens is 318 g/mol. The molecule has 4 heteroatoms. The highest BCUT2D eigenvalue weighted by Crippen LogP contribution is 2.25. The Bertz CT molecular complexity index is 816. The first kappa shape index (κ1) is 18.7. The summed E-state index contributed by atoms with van der Waals surface area (Å²) in [6.45, 7) is 12.2. The van der Waals surface area contributed by atoms with Gasteiger partial charge in [-0.05, 0) is 55.0 Å². The lowest BCUT2D eigenvalue weighted by atomic mass is 9.87. The van der Waals surface area contributed by atoms with Gasteiger partial charge in [0.15, 0.2) is 0 Å². The molecular formula is C20H27NO2S. The van der Waals surface area contributed by atoms with E-state index in [0.717, 1.165) is 22.3 Å². The van der Waals surface area contributed by atoms with Crippen LogP contribution in [0.4, 0.5) is 0 Å². The van der Waals surface area contributed by atoms with Crippen molar-refractivity contribution in [3.05, 3.63) is 64.7 Å². The Morgan fingerprint density at radius 1 is 0.958 bits per heavy atom. The summed E-state index contributed by atoms with van der Waals surface area (Å²) in [6.07, 6.45) is 0. The Morgan fingerprint density at radius 3 is 2.08 bits per heavy atom. The number of nitrogens with one attached hydrogen (secondary N) is 1. The Balaban J connectivity index is 2.26. The van der Waals surface area contributed by atoms with Gasteiger partial charge in [-0.15, -0.1) is 0 Å². The van der Waals surface area contributed by atoms with Gasteiger partial charge in [-0.1, -0.05) is 56.7 Å². The van der Waals surface area contributed by atoms with Crippen molar-refractivity contribution in [1.29, 1.82) is 0 Å². The van der Waals surface area contributed by atoms with E-state index in [1.54, 1.807) is 12.1 Å². The zero-order chi connectivity index (χ0) is 18.1. The first-order valence-corrected chi connectivity index (χ1v) is 9.69. The minimum atomic E-state index is -3.55. The highest BCUT2D eigenvalue weighted by Gasteiger charge is 2.21. The number of benzene rings is 2. The highest BCUT2D eigenvalue weighted by molar-refractivity contribution is 7.89. The van der Waals surface area contributed by atoms with Gasteiger partial charge in [0.1, 0.15) is 0 Å². The van der Waals surface area contributed by atoms with Crippen molar-refractivity contribution in [2.75, 3.05) is 0 Å². The second kappa shape index (κ2) is 6.69. The van der Waals surface area contributed by atoms with Crippen LogP contribution in [0.3, 0.4) is 0 Å². The summed E-state index contributed by atoms with van der Waals surface area (Å²) < 4.78 is 28.1. The molecule has 0 aromatic heterocycles. The average Bonchev–Trinajstić information content (AvgIpc) is 2.48. The van der Waals surface area contributed by atoms with Crippen LogP contribution in [0.2, 0.25) is 0 Å². The second-order valence-corrected chi connectivity index (χ2v) is 9.19. The fraction of sp³-hybridized carbons (Fsp3) is 0.400. The summed E-state index contributed by atoms with van der Waals surface area (Å²) in [5, 5.41) is 0. The molecule has 2 aromatic rings. The molecule has 0 aliphatic carbocycles. The van der Waals surface area contributed by atoms with Crippen molar-refractivity contribution in [3.8, 4) is 0 Å². The van der Waals surface area contributed by atoms with E-state index < -0.39 is 10.0 Å². The van der Waals surface area contributed by atoms with E-state index in [1.807, 2.05) is 51.1 Å². The smallest absolute Gasteiger partial charge is 0.207 e. The lowest BCUT2D eigenvalue weighted by Gasteiger charge is -2.20. The van der Waals surface area contributed by atoms with Gasteiger partial charge in [-0.25, -0.2) is 13.1 Å². The maximum Gasteiger partial charge on any atom is 0.241 e. The van der Waals surface area contributed by atoms with E-state index in [4.69, 9.17) is 0 Å². The number of rotatable bonds is 4. The normalized spacial score (nSPS) is 13.8. The fourth-order valence-corrected chi connectivity index (χ4v) is 3.95. The van der Waals surface area contributed by atoms with Crippen molar-refractivity contribution >= 4 is 10.0 Å². The Labute approximate surface area is 146 Å². The van der Waals surface area contributed by atoms with E-state index >= 15 is 0 Å². The molecule has 1 atom stereocenters. The molecule has 0 aliphatic rings. The second-order valence-electron chi connectivity index (χ2n) is 7.48. The predicted molar refractivity (Wildman–Crippen MR) is 99.8 cm³/mol. The molecule has 0 amide bonds. The van der Waals surface area contributed by atoms with E-state index in [9.17, 15) is 8.42 Å². The largest absolute Gasteiger partial charge is 0.241 e. The summed E-state index contributed by atoms with van der Waals surface area (Å²) in [4.78, 5) is 0.299. The molecule has 0 spiro atoms. The molecule has 1 unspecified atom stereocenters. The maximum absolute atomic E-state index is 12.7. The third-order valence-corrected chi connectivity index (χ3v) is 5.82. The van der Waals surface area contributed by atoms with Crippen LogP contribution in [-0.4, -0.2) is 8.42 Å². The molecule has 2 aromatic carbocycles. The van der Waals surface area contributed by atoms with Crippen LogP contribution in [0.5, 0.6) is 0 Å². The van der Waals surface area contributed by atoms with Crippen LogP contribution < -0.4 is 4.72 Å². The van der Waals surface area contributed by atoms with Gasteiger partial charge in [-0.2, -0.15) is 0 Å². The van der Waals surface area contributed by atoms with Crippen LogP contribution in [-0.2, 0) is 15.4 Å². The standard InChI is InChI=1S/C20H27NO2S/c1-14-7-8-15(2)19(13-14)16(3)21-24(22,23)18-11-9-17(10-12-18)20(4,5)6/h7-13,16,21H,1-6H3. The van der Waals surface area contributed by atoms with E-state index in [2.05, 4.69) is 25.5 Å². The van der Waals surface area contributed by atoms with Crippen LogP contribution >= 0.6 is 0 Å². The highest BCUT2D eigenvalue weighted by atomic mass is 32.2. The fourth-order valence-electron chi connectivity index (χ4n) is 2.72. The van der Waals surface area contributed by atoms with Gasteiger partial charge in [0, 0.05) is 6.04 Å². The monoisotopic (exact) mass is 345 g/mol. The Kier molecular flexibility index (Phi) is 5.21. The van der Waals surface area contributed by atoms with Crippen LogP contribution in [0, 0.1) is 13.8 Å². The molecule has 0 saturated heterocycles. The van der Waals surface area contributed by atoms with Crippen LogP contribution in [0.25, 0.3) is 0 Å².